The van der Waals surface area contributed by atoms with E-state index in [9.17, 15) is 14.7 Å². The van der Waals surface area contributed by atoms with E-state index in [1.165, 1.54) is 0 Å². The summed E-state index contributed by atoms with van der Waals surface area (Å²) in [5.41, 5.74) is 2.76. The second-order valence-electron chi connectivity index (χ2n) is 12.4. The number of amides is 2. The van der Waals surface area contributed by atoms with Gasteiger partial charge in [0.1, 0.15) is 29.8 Å². The average Bonchev–Trinajstić information content (AvgIpc) is 3.18. The molecule has 1 aliphatic rings. The van der Waals surface area contributed by atoms with Crippen molar-refractivity contribution in [2.75, 3.05) is 52.5 Å². The van der Waals surface area contributed by atoms with E-state index in [0.29, 0.717) is 35.8 Å². The number of hydrogen-bond acceptors (Lipinski definition) is 9. The van der Waals surface area contributed by atoms with Crippen molar-refractivity contribution in [1.82, 2.24) is 20.0 Å². The van der Waals surface area contributed by atoms with Crippen LogP contribution in [0, 0.1) is 10.8 Å². The number of carbonyl (C=O) groups is 2. The fourth-order valence-corrected chi connectivity index (χ4v) is 5.72. The second kappa shape index (κ2) is 19.6. The van der Waals surface area contributed by atoms with Crippen LogP contribution in [0.5, 0.6) is 11.5 Å². The Balaban J connectivity index is 0.909. The molecule has 4 aromatic carbocycles. The third-order valence-electron chi connectivity index (χ3n) is 8.63. The summed E-state index contributed by atoms with van der Waals surface area (Å²) in [4.78, 5) is 29.8. The third-order valence-corrected chi connectivity index (χ3v) is 8.63. The molecule has 0 bridgehead atoms. The molecule has 12 nitrogen and oxygen atoms in total. The van der Waals surface area contributed by atoms with Crippen LogP contribution in [0.3, 0.4) is 0 Å². The number of carboxylic acid groups (broad SMARTS) is 1. The Kier molecular flexibility index (Phi) is 14.2. The molecule has 2 amide bonds. The van der Waals surface area contributed by atoms with Gasteiger partial charge in [-0.25, -0.2) is 9.59 Å². The van der Waals surface area contributed by atoms with Crippen LogP contribution < -0.4 is 14.8 Å². The molecule has 0 atom stereocenters. The molecule has 12 heteroatoms. The van der Waals surface area contributed by atoms with Crippen molar-refractivity contribution < 1.29 is 28.9 Å². The molecule has 1 saturated heterocycles. The van der Waals surface area contributed by atoms with E-state index in [2.05, 4.69) is 15.1 Å². The van der Waals surface area contributed by atoms with Crippen molar-refractivity contribution in [3.8, 4) is 11.5 Å². The molecular formula is C40H46N6O6. The van der Waals surface area contributed by atoms with Gasteiger partial charge >= 0.3 is 12.2 Å². The zero-order chi connectivity index (χ0) is 36.5. The topological polar surface area (TPSA) is 152 Å². The highest BCUT2D eigenvalue weighted by Gasteiger charge is 2.20. The largest absolute Gasteiger partial charge is 0.494 e. The average molecular weight is 707 g/mol. The van der Waals surface area contributed by atoms with Crippen LogP contribution in [0.2, 0.25) is 0 Å². The summed E-state index contributed by atoms with van der Waals surface area (Å²) in [6.07, 6.45) is -0.0459. The van der Waals surface area contributed by atoms with Crippen LogP contribution in [-0.2, 0) is 17.9 Å². The van der Waals surface area contributed by atoms with Crippen LogP contribution >= 0.6 is 0 Å². The molecule has 0 unspecified atom stereocenters. The lowest BCUT2D eigenvalue weighted by Crippen LogP contribution is -2.47. The summed E-state index contributed by atoms with van der Waals surface area (Å²) in [5.74, 6) is 1.30. The highest BCUT2D eigenvalue weighted by Crippen LogP contribution is 2.17. The molecule has 0 aliphatic carbocycles. The molecule has 5 rings (SSSR count). The summed E-state index contributed by atoms with van der Waals surface area (Å²) < 4.78 is 17.0. The van der Waals surface area contributed by atoms with Crippen LogP contribution in [0.1, 0.15) is 35.1 Å². The summed E-state index contributed by atoms with van der Waals surface area (Å²) >= 11 is 0. The number of piperazine rings is 1. The summed E-state index contributed by atoms with van der Waals surface area (Å²) in [6, 6.07) is 32.7. The van der Waals surface area contributed by atoms with Crippen molar-refractivity contribution in [3.05, 3.63) is 131 Å². The van der Waals surface area contributed by atoms with E-state index in [1.54, 1.807) is 48.5 Å². The Bertz CT molecular complexity index is 1730. The standard InChI is InChI=1S/C40H46N6O6/c41-37(43-39(47)52-30-32-11-5-2-6-12-32)33-13-17-35(18-14-33)50-27-7-21-44-23-25-45(26-24-44)22-8-28-51-36-19-15-34(16-20-36)38(42)46(40(48)49)29-31-9-3-1-4-10-31/h1-6,9-20,42H,7-8,21-30H2,(H,48,49)(H2,41,43,47). The molecule has 1 fully saturated rings. The van der Waals surface area contributed by atoms with Crippen LogP contribution in [0.15, 0.2) is 109 Å². The van der Waals surface area contributed by atoms with Gasteiger partial charge in [0.25, 0.3) is 0 Å². The first-order valence-electron chi connectivity index (χ1n) is 17.4. The molecule has 4 N–H and O–H groups in total. The van der Waals surface area contributed by atoms with E-state index in [-0.39, 0.29) is 24.8 Å². The first-order chi connectivity index (χ1) is 25.3. The van der Waals surface area contributed by atoms with Gasteiger partial charge in [0.05, 0.1) is 19.8 Å². The normalized spacial score (nSPS) is 13.2. The fraction of sp³-hybridized carbons (Fsp3) is 0.300. The quantitative estimate of drug-likeness (QED) is 0.0602. The van der Waals surface area contributed by atoms with Crippen LogP contribution in [0.4, 0.5) is 9.59 Å². The number of carbonyl (C=O) groups excluding carboxylic acids is 1. The zero-order valence-corrected chi connectivity index (χ0v) is 29.2. The van der Waals surface area contributed by atoms with Gasteiger partial charge in [-0.1, -0.05) is 60.7 Å². The zero-order valence-electron chi connectivity index (χ0n) is 29.2. The van der Waals surface area contributed by atoms with Crippen molar-refractivity contribution in [3.63, 3.8) is 0 Å². The minimum atomic E-state index is -1.17. The number of rotatable bonds is 16. The van der Waals surface area contributed by atoms with E-state index >= 15 is 0 Å². The van der Waals surface area contributed by atoms with E-state index < -0.39 is 12.2 Å². The second-order valence-corrected chi connectivity index (χ2v) is 12.4. The monoisotopic (exact) mass is 706 g/mol. The number of ether oxygens (including phenoxy) is 3. The number of nitrogens with zero attached hydrogens (tertiary/aromatic N) is 3. The van der Waals surface area contributed by atoms with Crippen molar-refractivity contribution in [1.29, 1.82) is 10.8 Å². The maximum absolute atomic E-state index is 12.1. The lowest BCUT2D eigenvalue weighted by molar-refractivity contribution is 0.120. The summed E-state index contributed by atoms with van der Waals surface area (Å²) in [5, 5.41) is 28.7. The van der Waals surface area contributed by atoms with Gasteiger partial charge in [-0.2, -0.15) is 0 Å². The van der Waals surface area contributed by atoms with Crippen LogP contribution in [0.25, 0.3) is 0 Å². The lowest BCUT2D eigenvalue weighted by Gasteiger charge is -2.34. The Hall–Kier alpha value is -5.72. The van der Waals surface area contributed by atoms with Crippen molar-refractivity contribution in [2.45, 2.75) is 26.0 Å². The number of alkyl carbamates (subject to hydrolysis) is 1. The van der Waals surface area contributed by atoms with Crippen LogP contribution in [-0.4, -0.2) is 96.1 Å². The maximum atomic E-state index is 12.1. The smallest absolute Gasteiger partial charge is 0.413 e. The molecule has 1 heterocycles. The van der Waals surface area contributed by atoms with Gasteiger partial charge in [-0.05, 0) is 72.5 Å². The van der Waals surface area contributed by atoms with Gasteiger partial charge in [0, 0.05) is 50.4 Å². The third kappa shape index (κ3) is 12.0. The SMILES string of the molecule is N=C(NC(=O)OCc1ccccc1)c1ccc(OCCCN2CCN(CCCOc3ccc(C(=N)N(Cc4ccccc4)C(=O)O)cc3)CC2)cc1. The molecule has 0 saturated carbocycles. The Labute approximate surface area is 304 Å². The summed E-state index contributed by atoms with van der Waals surface area (Å²) in [6.45, 7) is 7.33. The first kappa shape index (κ1) is 37.5. The number of nitrogens with one attached hydrogen (secondary N) is 3. The highest BCUT2D eigenvalue weighted by molar-refractivity contribution is 6.05. The number of hydrogen-bond donors (Lipinski definition) is 4. The minimum Gasteiger partial charge on any atom is -0.494 e. The molecule has 272 valence electrons. The van der Waals surface area contributed by atoms with E-state index in [0.717, 1.165) is 68.1 Å². The maximum Gasteiger partial charge on any atom is 0.413 e. The molecule has 4 aromatic rings. The molecular weight excluding hydrogens is 660 g/mol. The van der Waals surface area contributed by atoms with Crippen molar-refractivity contribution in [2.24, 2.45) is 0 Å². The Morgan fingerprint density at radius 2 is 1.15 bits per heavy atom. The molecule has 1 aliphatic heterocycles. The van der Waals surface area contributed by atoms with Gasteiger partial charge in [-0.15, -0.1) is 0 Å². The van der Waals surface area contributed by atoms with E-state index in [1.807, 2.05) is 60.7 Å². The Morgan fingerprint density at radius 1 is 0.673 bits per heavy atom. The van der Waals surface area contributed by atoms with Gasteiger partial charge in [-0.3, -0.25) is 21.0 Å². The van der Waals surface area contributed by atoms with E-state index in [4.69, 9.17) is 25.0 Å². The lowest BCUT2D eigenvalue weighted by atomic mass is 10.1. The minimum absolute atomic E-state index is 0.0353. The molecule has 0 aromatic heterocycles. The number of benzene rings is 4. The highest BCUT2D eigenvalue weighted by atomic mass is 16.5. The predicted octanol–water partition coefficient (Wildman–Crippen LogP) is 6.30. The molecule has 0 radical (unpaired) electrons. The summed E-state index contributed by atoms with van der Waals surface area (Å²) in [7, 11) is 0. The van der Waals surface area contributed by atoms with Gasteiger partial charge < -0.3 is 29.1 Å². The Morgan fingerprint density at radius 3 is 1.65 bits per heavy atom. The number of amidine groups is 2. The van der Waals surface area contributed by atoms with Crippen molar-refractivity contribution >= 4 is 23.9 Å². The fourth-order valence-electron chi connectivity index (χ4n) is 5.72. The first-order valence-corrected chi connectivity index (χ1v) is 17.4. The van der Waals surface area contributed by atoms with Gasteiger partial charge in [0.15, 0.2) is 0 Å². The molecule has 52 heavy (non-hydrogen) atoms. The predicted molar refractivity (Wildman–Crippen MR) is 199 cm³/mol. The molecule has 0 spiro atoms. The van der Waals surface area contributed by atoms with Gasteiger partial charge in [0.2, 0.25) is 0 Å².